The van der Waals surface area contributed by atoms with Gasteiger partial charge in [-0.15, -0.1) is 0 Å². The summed E-state index contributed by atoms with van der Waals surface area (Å²) in [7, 11) is 1.81. The van der Waals surface area contributed by atoms with Crippen LogP contribution >= 0.6 is 11.6 Å². The maximum atomic E-state index is 11.4. The fourth-order valence-corrected chi connectivity index (χ4v) is 2.11. The van der Waals surface area contributed by atoms with Gasteiger partial charge in [-0.3, -0.25) is 9.48 Å². The molecule has 0 spiro atoms. The number of nitrogens with zero attached hydrogens (tertiary/aromatic N) is 3. The van der Waals surface area contributed by atoms with Gasteiger partial charge in [-0.2, -0.15) is 5.10 Å². The number of hydrogen-bond donors (Lipinski definition) is 0. The molecule has 1 saturated heterocycles. The minimum Gasteiger partial charge on any atom is -0.356 e. The van der Waals surface area contributed by atoms with E-state index in [0.717, 1.165) is 25.3 Å². The lowest BCUT2D eigenvalue weighted by molar-refractivity contribution is 0.652. The third kappa shape index (κ3) is 2.00. The molecule has 1 aliphatic rings. The van der Waals surface area contributed by atoms with Crippen molar-refractivity contribution in [2.24, 2.45) is 13.0 Å². The Morgan fingerprint density at radius 3 is 2.93 bits per heavy atom. The van der Waals surface area contributed by atoms with Crippen LogP contribution < -0.4 is 10.3 Å². The maximum absolute atomic E-state index is 11.4. The molecule has 0 saturated carbocycles. The zero-order valence-electron chi connectivity index (χ0n) is 8.90. The van der Waals surface area contributed by atoms with Gasteiger partial charge in [0.05, 0.1) is 0 Å². The first-order valence-electron chi connectivity index (χ1n) is 5.06. The summed E-state index contributed by atoms with van der Waals surface area (Å²) in [6.45, 7) is 4.18. The van der Waals surface area contributed by atoms with Crippen LogP contribution in [0.15, 0.2) is 10.9 Å². The second-order valence-electron chi connectivity index (χ2n) is 4.12. The second-order valence-corrected chi connectivity index (χ2v) is 4.48. The van der Waals surface area contributed by atoms with Crippen molar-refractivity contribution in [1.29, 1.82) is 0 Å². The number of hydrogen-bond acceptors (Lipinski definition) is 3. The molecule has 0 N–H and O–H groups in total. The fourth-order valence-electron chi connectivity index (χ4n) is 1.94. The van der Waals surface area contributed by atoms with E-state index in [9.17, 15) is 4.79 Å². The zero-order valence-corrected chi connectivity index (χ0v) is 9.66. The Balaban J connectivity index is 2.36. The van der Waals surface area contributed by atoms with Crippen LogP contribution in [-0.2, 0) is 7.05 Å². The largest absolute Gasteiger partial charge is 0.356 e. The van der Waals surface area contributed by atoms with Crippen molar-refractivity contribution in [3.63, 3.8) is 0 Å². The highest BCUT2D eigenvalue weighted by Crippen LogP contribution is 2.21. The quantitative estimate of drug-likeness (QED) is 0.726. The highest BCUT2D eigenvalue weighted by molar-refractivity contribution is 6.29. The van der Waals surface area contributed by atoms with E-state index in [-0.39, 0.29) is 10.6 Å². The summed E-state index contributed by atoms with van der Waals surface area (Å²) in [5.74, 6) is 1.53. The molecule has 15 heavy (non-hydrogen) atoms. The van der Waals surface area contributed by atoms with Gasteiger partial charge in [0, 0.05) is 26.2 Å². The van der Waals surface area contributed by atoms with E-state index in [1.165, 1.54) is 0 Å². The SMILES string of the molecule is CC1CCN(c2cc(=O)c(Cl)nn2C)C1. The lowest BCUT2D eigenvalue weighted by Gasteiger charge is -2.20. The number of aryl methyl sites for hydroxylation is 1. The highest BCUT2D eigenvalue weighted by atomic mass is 35.5. The first-order valence-corrected chi connectivity index (χ1v) is 5.44. The van der Waals surface area contributed by atoms with E-state index in [0.29, 0.717) is 5.92 Å². The summed E-state index contributed by atoms with van der Waals surface area (Å²) in [5.41, 5.74) is -0.204. The normalized spacial score (nSPS) is 21.0. The van der Waals surface area contributed by atoms with Crippen molar-refractivity contribution in [3.8, 4) is 0 Å². The Morgan fingerprint density at radius 1 is 1.60 bits per heavy atom. The Hall–Kier alpha value is -1.03. The molecule has 0 amide bonds. The highest BCUT2D eigenvalue weighted by Gasteiger charge is 2.21. The molecule has 1 atom stereocenters. The Kier molecular flexibility index (Phi) is 2.69. The molecule has 0 aliphatic carbocycles. The van der Waals surface area contributed by atoms with Crippen molar-refractivity contribution in [1.82, 2.24) is 9.78 Å². The van der Waals surface area contributed by atoms with E-state index in [1.54, 1.807) is 10.7 Å². The molecule has 1 fully saturated rings. The van der Waals surface area contributed by atoms with Gasteiger partial charge in [-0.25, -0.2) is 0 Å². The van der Waals surface area contributed by atoms with Crippen molar-refractivity contribution in [2.75, 3.05) is 18.0 Å². The van der Waals surface area contributed by atoms with E-state index >= 15 is 0 Å². The molecular weight excluding hydrogens is 214 g/mol. The molecule has 2 rings (SSSR count). The maximum Gasteiger partial charge on any atom is 0.221 e. The van der Waals surface area contributed by atoms with Crippen LogP contribution in [0.2, 0.25) is 5.15 Å². The summed E-state index contributed by atoms with van der Waals surface area (Å²) in [6.07, 6.45) is 1.16. The van der Waals surface area contributed by atoms with E-state index in [4.69, 9.17) is 11.6 Å². The molecule has 5 heteroatoms. The first-order chi connectivity index (χ1) is 7.08. The predicted molar refractivity (Wildman–Crippen MR) is 60.5 cm³/mol. The standard InChI is InChI=1S/C10H14ClN3O/c1-7-3-4-14(6-7)9-5-8(15)10(11)12-13(9)2/h5,7H,3-4,6H2,1-2H3. The number of halogens is 1. The van der Waals surface area contributed by atoms with Gasteiger partial charge in [0.25, 0.3) is 0 Å². The van der Waals surface area contributed by atoms with Crippen molar-refractivity contribution < 1.29 is 0 Å². The summed E-state index contributed by atoms with van der Waals surface area (Å²) < 4.78 is 1.67. The van der Waals surface area contributed by atoms with Crippen LogP contribution in [-0.4, -0.2) is 22.9 Å². The van der Waals surface area contributed by atoms with Crippen LogP contribution in [0.1, 0.15) is 13.3 Å². The molecule has 4 nitrogen and oxygen atoms in total. The summed E-state index contributed by atoms with van der Waals surface area (Å²) in [4.78, 5) is 13.6. The topological polar surface area (TPSA) is 38.1 Å². The number of anilines is 1. The van der Waals surface area contributed by atoms with Crippen molar-refractivity contribution in [3.05, 3.63) is 21.4 Å². The van der Waals surface area contributed by atoms with E-state index in [1.807, 2.05) is 7.05 Å². The second kappa shape index (κ2) is 3.85. The van der Waals surface area contributed by atoms with Gasteiger partial charge >= 0.3 is 0 Å². The molecular formula is C10H14ClN3O. The molecule has 82 valence electrons. The lowest BCUT2D eigenvalue weighted by atomic mass is 10.2. The van der Waals surface area contributed by atoms with Crippen LogP contribution in [0, 0.1) is 5.92 Å². The molecule has 2 heterocycles. The molecule has 0 bridgehead atoms. The Labute approximate surface area is 93.5 Å². The van der Waals surface area contributed by atoms with Gasteiger partial charge in [-0.05, 0) is 12.3 Å². The number of aromatic nitrogens is 2. The minimum absolute atomic E-state index is 0.0356. The third-order valence-electron chi connectivity index (χ3n) is 2.78. The van der Waals surface area contributed by atoms with E-state index < -0.39 is 0 Å². The predicted octanol–water partition coefficient (Wildman–Crippen LogP) is 1.28. The van der Waals surface area contributed by atoms with Gasteiger partial charge in [0.1, 0.15) is 5.82 Å². The molecule has 1 unspecified atom stereocenters. The Bertz CT molecular complexity index is 429. The Morgan fingerprint density at radius 2 is 2.33 bits per heavy atom. The van der Waals surface area contributed by atoms with Gasteiger partial charge in [0.2, 0.25) is 5.43 Å². The molecule has 1 aromatic rings. The van der Waals surface area contributed by atoms with Gasteiger partial charge in [-0.1, -0.05) is 18.5 Å². The molecule has 1 aromatic heterocycles. The average Bonchev–Trinajstić information content (AvgIpc) is 2.58. The van der Waals surface area contributed by atoms with Crippen molar-refractivity contribution >= 4 is 17.4 Å². The lowest BCUT2D eigenvalue weighted by Crippen LogP contribution is -2.26. The minimum atomic E-state index is -0.204. The monoisotopic (exact) mass is 227 g/mol. The molecule has 1 aliphatic heterocycles. The van der Waals surface area contributed by atoms with E-state index in [2.05, 4.69) is 16.9 Å². The van der Waals surface area contributed by atoms with Gasteiger partial charge in [0.15, 0.2) is 5.15 Å². The zero-order chi connectivity index (χ0) is 11.0. The summed E-state index contributed by atoms with van der Waals surface area (Å²) >= 11 is 5.66. The van der Waals surface area contributed by atoms with Crippen LogP contribution in [0.5, 0.6) is 0 Å². The summed E-state index contributed by atoms with van der Waals surface area (Å²) in [6, 6.07) is 1.56. The van der Waals surface area contributed by atoms with Crippen LogP contribution in [0.3, 0.4) is 0 Å². The molecule has 0 aromatic carbocycles. The van der Waals surface area contributed by atoms with Gasteiger partial charge < -0.3 is 4.90 Å². The average molecular weight is 228 g/mol. The summed E-state index contributed by atoms with van der Waals surface area (Å²) in [5, 5.41) is 4.01. The fraction of sp³-hybridized carbons (Fsp3) is 0.600. The first kappa shape index (κ1) is 10.5. The van der Waals surface area contributed by atoms with Crippen molar-refractivity contribution in [2.45, 2.75) is 13.3 Å². The molecule has 0 radical (unpaired) electrons. The third-order valence-corrected chi connectivity index (χ3v) is 3.04. The smallest absolute Gasteiger partial charge is 0.221 e. The number of rotatable bonds is 1. The van der Waals surface area contributed by atoms with Crippen LogP contribution in [0.4, 0.5) is 5.82 Å². The van der Waals surface area contributed by atoms with Crippen LogP contribution in [0.25, 0.3) is 0 Å².